The second-order valence-corrected chi connectivity index (χ2v) is 7.18. The molecule has 0 fully saturated rings. The lowest BCUT2D eigenvalue weighted by Gasteiger charge is -2.11. The van der Waals surface area contributed by atoms with Gasteiger partial charge in [-0.05, 0) is 60.2 Å². The number of halogens is 1. The third-order valence-electron chi connectivity index (χ3n) is 4.54. The normalized spacial score (nSPS) is 11.1. The van der Waals surface area contributed by atoms with Gasteiger partial charge in [-0.25, -0.2) is 4.98 Å². The maximum absolute atomic E-state index is 13.2. The molecule has 0 atom stereocenters. The summed E-state index contributed by atoms with van der Waals surface area (Å²) in [6.45, 7) is 1.47. The summed E-state index contributed by atoms with van der Waals surface area (Å²) in [7, 11) is 0. The van der Waals surface area contributed by atoms with Crippen molar-refractivity contribution in [3.05, 3.63) is 99.6 Å². The zero-order valence-electron chi connectivity index (χ0n) is 16.2. The molecule has 1 aromatic heterocycles. The second-order valence-electron chi connectivity index (χ2n) is 6.74. The lowest BCUT2D eigenvalue weighted by atomic mass is 10.2. The highest BCUT2D eigenvalue weighted by Gasteiger charge is 2.11. The van der Waals surface area contributed by atoms with Crippen LogP contribution in [0.2, 0.25) is 5.02 Å². The van der Waals surface area contributed by atoms with Gasteiger partial charge in [-0.1, -0.05) is 41.9 Å². The van der Waals surface area contributed by atoms with E-state index in [1.165, 1.54) is 6.92 Å². The summed E-state index contributed by atoms with van der Waals surface area (Å²) in [6.07, 6.45) is 3.68. The van der Waals surface area contributed by atoms with Gasteiger partial charge in [-0.3, -0.25) is 14.2 Å². The first-order valence-electron chi connectivity index (χ1n) is 9.35. The molecular weight excluding hydrogens is 398 g/mol. The molecule has 1 N–H and O–H groups in total. The molecule has 0 radical (unpaired) electrons. The molecule has 4 rings (SSSR count). The van der Waals surface area contributed by atoms with Gasteiger partial charge in [0.1, 0.15) is 5.82 Å². The van der Waals surface area contributed by atoms with Crippen molar-refractivity contribution in [2.75, 3.05) is 5.32 Å². The lowest BCUT2D eigenvalue weighted by molar-refractivity contribution is -0.114. The van der Waals surface area contributed by atoms with Gasteiger partial charge in [0.25, 0.3) is 5.56 Å². The number of benzene rings is 3. The van der Waals surface area contributed by atoms with Crippen LogP contribution >= 0.6 is 11.6 Å². The Hall–Kier alpha value is -3.70. The highest BCUT2D eigenvalue weighted by molar-refractivity contribution is 6.30. The average molecular weight is 416 g/mol. The van der Waals surface area contributed by atoms with Crippen molar-refractivity contribution >= 4 is 46.3 Å². The van der Waals surface area contributed by atoms with E-state index in [-0.39, 0.29) is 11.5 Å². The van der Waals surface area contributed by atoms with Crippen LogP contribution in [0.25, 0.3) is 28.7 Å². The Morgan fingerprint density at radius 2 is 1.67 bits per heavy atom. The average Bonchev–Trinajstić information content (AvgIpc) is 2.74. The number of carbonyl (C=O) groups excluding carboxylic acids is 1. The molecule has 1 heterocycles. The number of carbonyl (C=O) groups is 1. The fourth-order valence-corrected chi connectivity index (χ4v) is 3.28. The molecule has 0 unspecified atom stereocenters. The SMILES string of the molecule is CC(=O)Nc1ccc(/C=C/c2nc3ccccc3c(=O)n2-c2ccc(Cl)cc2)cc1. The molecule has 1 amide bonds. The van der Waals surface area contributed by atoms with Crippen molar-refractivity contribution in [2.24, 2.45) is 0 Å². The molecule has 0 aliphatic rings. The number of rotatable bonds is 4. The van der Waals surface area contributed by atoms with Crippen LogP contribution in [0.4, 0.5) is 5.69 Å². The van der Waals surface area contributed by atoms with E-state index in [4.69, 9.17) is 16.6 Å². The maximum Gasteiger partial charge on any atom is 0.266 e. The molecule has 6 heteroatoms. The number of para-hydroxylation sites is 1. The van der Waals surface area contributed by atoms with Crippen LogP contribution in [0.3, 0.4) is 0 Å². The molecule has 5 nitrogen and oxygen atoms in total. The highest BCUT2D eigenvalue weighted by Crippen LogP contribution is 2.18. The number of nitrogens with zero attached hydrogens (tertiary/aromatic N) is 2. The van der Waals surface area contributed by atoms with Crippen LogP contribution < -0.4 is 10.9 Å². The van der Waals surface area contributed by atoms with Crippen molar-refractivity contribution in [2.45, 2.75) is 6.92 Å². The highest BCUT2D eigenvalue weighted by atomic mass is 35.5. The molecular formula is C24H18ClN3O2. The first kappa shape index (κ1) is 19.6. The molecule has 3 aromatic carbocycles. The van der Waals surface area contributed by atoms with Crippen molar-refractivity contribution in [3.63, 3.8) is 0 Å². The molecule has 0 aliphatic heterocycles. The summed E-state index contributed by atoms with van der Waals surface area (Å²) in [5.41, 5.74) is 2.80. The molecule has 0 saturated carbocycles. The minimum atomic E-state index is -0.149. The fourth-order valence-electron chi connectivity index (χ4n) is 3.15. The number of hydrogen-bond donors (Lipinski definition) is 1. The maximum atomic E-state index is 13.2. The van der Waals surface area contributed by atoms with Gasteiger partial charge < -0.3 is 5.32 Å². The van der Waals surface area contributed by atoms with Gasteiger partial charge >= 0.3 is 0 Å². The van der Waals surface area contributed by atoms with E-state index in [0.29, 0.717) is 27.4 Å². The quantitative estimate of drug-likeness (QED) is 0.500. The van der Waals surface area contributed by atoms with Crippen LogP contribution in [-0.2, 0) is 4.79 Å². The van der Waals surface area contributed by atoms with Gasteiger partial charge in [-0.2, -0.15) is 0 Å². The smallest absolute Gasteiger partial charge is 0.266 e. The standard InChI is InChI=1S/C24H18ClN3O2/c1-16(29)26-19-11-6-17(7-12-19)8-15-23-27-22-5-3-2-4-21(22)24(30)28(23)20-13-9-18(25)10-14-20/h2-15H,1H3,(H,26,29)/b15-8+. The predicted molar refractivity (Wildman–Crippen MR) is 122 cm³/mol. The molecule has 0 saturated heterocycles. The summed E-state index contributed by atoms with van der Waals surface area (Å²) >= 11 is 6.02. The summed E-state index contributed by atoms with van der Waals surface area (Å²) in [6, 6.07) is 21.7. The fraction of sp³-hybridized carbons (Fsp3) is 0.0417. The topological polar surface area (TPSA) is 64.0 Å². The largest absolute Gasteiger partial charge is 0.326 e. The first-order valence-corrected chi connectivity index (χ1v) is 9.72. The Balaban J connectivity index is 1.80. The predicted octanol–water partition coefficient (Wildman–Crippen LogP) is 5.17. The number of anilines is 1. The monoisotopic (exact) mass is 415 g/mol. The van der Waals surface area contributed by atoms with Crippen LogP contribution in [0.5, 0.6) is 0 Å². The van der Waals surface area contributed by atoms with E-state index in [1.54, 1.807) is 41.0 Å². The van der Waals surface area contributed by atoms with Gasteiger partial charge in [0.15, 0.2) is 0 Å². The minimum absolute atomic E-state index is 0.120. The van der Waals surface area contributed by atoms with E-state index in [2.05, 4.69) is 5.32 Å². The summed E-state index contributed by atoms with van der Waals surface area (Å²) in [4.78, 5) is 29.1. The number of aromatic nitrogens is 2. The Kier molecular flexibility index (Phi) is 5.46. The van der Waals surface area contributed by atoms with E-state index >= 15 is 0 Å². The third kappa shape index (κ3) is 4.16. The van der Waals surface area contributed by atoms with Crippen LogP contribution in [0, 0.1) is 0 Å². The number of hydrogen-bond acceptors (Lipinski definition) is 3. The molecule has 30 heavy (non-hydrogen) atoms. The first-order chi connectivity index (χ1) is 14.5. The van der Waals surface area contributed by atoms with Crippen molar-refractivity contribution in [1.82, 2.24) is 9.55 Å². The number of fused-ring (bicyclic) bond motifs is 1. The Labute approximate surface area is 178 Å². The second kappa shape index (κ2) is 8.35. The molecule has 0 aliphatic carbocycles. The minimum Gasteiger partial charge on any atom is -0.326 e. The van der Waals surface area contributed by atoms with Gasteiger partial charge in [-0.15, -0.1) is 0 Å². The Morgan fingerprint density at radius 1 is 0.967 bits per heavy atom. The van der Waals surface area contributed by atoms with Gasteiger partial charge in [0, 0.05) is 17.6 Å². The Morgan fingerprint density at radius 3 is 2.37 bits per heavy atom. The van der Waals surface area contributed by atoms with Crippen molar-refractivity contribution in [3.8, 4) is 5.69 Å². The van der Waals surface area contributed by atoms with Crippen LogP contribution in [0.1, 0.15) is 18.3 Å². The summed E-state index contributed by atoms with van der Waals surface area (Å²) in [5.74, 6) is 0.387. The molecule has 4 aromatic rings. The van der Waals surface area contributed by atoms with Crippen LogP contribution in [-0.4, -0.2) is 15.5 Å². The van der Waals surface area contributed by atoms with Crippen molar-refractivity contribution < 1.29 is 4.79 Å². The van der Waals surface area contributed by atoms with Crippen molar-refractivity contribution in [1.29, 1.82) is 0 Å². The summed E-state index contributed by atoms with van der Waals surface area (Å²) in [5, 5.41) is 3.88. The third-order valence-corrected chi connectivity index (χ3v) is 4.79. The van der Waals surface area contributed by atoms with E-state index in [1.807, 2.05) is 48.5 Å². The lowest BCUT2D eigenvalue weighted by Crippen LogP contribution is -2.22. The van der Waals surface area contributed by atoms with E-state index in [9.17, 15) is 9.59 Å². The molecule has 0 spiro atoms. The van der Waals surface area contributed by atoms with Gasteiger partial charge in [0.05, 0.1) is 16.6 Å². The zero-order valence-corrected chi connectivity index (χ0v) is 16.9. The molecule has 0 bridgehead atoms. The van der Waals surface area contributed by atoms with Crippen LogP contribution in [0.15, 0.2) is 77.6 Å². The Bertz CT molecular complexity index is 1310. The van der Waals surface area contributed by atoms with Gasteiger partial charge in [0.2, 0.25) is 5.91 Å². The van der Waals surface area contributed by atoms with E-state index in [0.717, 1.165) is 11.3 Å². The van der Waals surface area contributed by atoms with E-state index < -0.39 is 0 Å². The number of nitrogens with one attached hydrogen (secondary N) is 1. The molecule has 148 valence electrons. The summed E-state index contributed by atoms with van der Waals surface area (Å²) < 4.78 is 1.57. The zero-order chi connectivity index (χ0) is 21.1. The number of amides is 1.